The molecule has 1 aliphatic heterocycles. The number of hydrogen-bond donors (Lipinski definition) is 1. The highest BCUT2D eigenvalue weighted by molar-refractivity contribution is 7.99. The summed E-state index contributed by atoms with van der Waals surface area (Å²) in [4.78, 5) is 27.8. The quantitative estimate of drug-likeness (QED) is 0.717. The first kappa shape index (κ1) is 16.9. The summed E-state index contributed by atoms with van der Waals surface area (Å²) in [6.45, 7) is 5.26. The van der Waals surface area contributed by atoms with Gasteiger partial charge in [0, 0.05) is 6.07 Å². The molecule has 1 aromatic carbocycles. The lowest BCUT2D eigenvalue weighted by molar-refractivity contribution is -0.364. The third kappa shape index (κ3) is 3.67. The summed E-state index contributed by atoms with van der Waals surface area (Å²) in [5.41, 5.74) is 3.16. The van der Waals surface area contributed by atoms with Gasteiger partial charge in [-0.15, -0.1) is 0 Å². The normalized spacial score (nSPS) is 14.8. The van der Waals surface area contributed by atoms with E-state index in [2.05, 4.69) is 38.9 Å². The lowest BCUT2D eigenvalue weighted by atomic mass is 10.2. The summed E-state index contributed by atoms with van der Waals surface area (Å²) in [6, 6.07) is 12.2. The number of anilines is 1. The number of imidazole rings is 1. The summed E-state index contributed by atoms with van der Waals surface area (Å²) in [6.07, 6.45) is 1.93. The Morgan fingerprint density at radius 2 is 2.08 bits per heavy atom. The van der Waals surface area contributed by atoms with Gasteiger partial charge < -0.3 is 9.88 Å². The molecule has 3 aromatic rings. The molecule has 0 unspecified atom stereocenters. The second-order valence-corrected chi connectivity index (χ2v) is 7.43. The molecule has 3 heterocycles. The number of aryl methyl sites for hydroxylation is 1. The molecular weight excluding hydrogens is 346 g/mol. The third-order valence-corrected chi connectivity index (χ3v) is 5.47. The van der Waals surface area contributed by atoms with E-state index >= 15 is 0 Å². The van der Waals surface area contributed by atoms with E-state index < -0.39 is 0 Å². The Morgan fingerprint density at radius 3 is 2.85 bits per heavy atom. The second-order valence-electron chi connectivity index (χ2n) is 6.47. The molecule has 7 heteroatoms. The van der Waals surface area contributed by atoms with E-state index in [9.17, 15) is 4.79 Å². The molecule has 0 atom stereocenters. The fourth-order valence-corrected chi connectivity index (χ4v) is 3.95. The molecule has 0 bridgehead atoms. The maximum absolute atomic E-state index is 12.5. The molecule has 1 saturated heterocycles. The number of fused-ring (bicyclic) bond motifs is 1. The molecule has 26 heavy (non-hydrogen) atoms. The van der Waals surface area contributed by atoms with Crippen LogP contribution in [0.15, 0.2) is 47.8 Å². The van der Waals surface area contributed by atoms with Crippen LogP contribution in [-0.2, 0) is 4.79 Å². The fraction of sp³-hybridized carbons (Fsp3) is 0.316. The number of piperazine rings is 1. The van der Waals surface area contributed by atoms with E-state index in [0.29, 0.717) is 5.75 Å². The number of aromatic amines is 2. The molecule has 0 aliphatic carbocycles. The van der Waals surface area contributed by atoms with Crippen LogP contribution in [0.5, 0.6) is 0 Å². The minimum absolute atomic E-state index is 0.170. The molecule has 2 aromatic heterocycles. The fourth-order valence-electron chi connectivity index (χ4n) is 3.17. The number of hydrogen-bond acceptors (Lipinski definition) is 4. The number of H-pyrrole nitrogens is 2. The van der Waals surface area contributed by atoms with Gasteiger partial charge in [0.2, 0.25) is 5.91 Å². The van der Waals surface area contributed by atoms with Gasteiger partial charge in [-0.3, -0.25) is 9.69 Å². The van der Waals surface area contributed by atoms with Crippen molar-refractivity contribution in [1.29, 1.82) is 0 Å². The summed E-state index contributed by atoms with van der Waals surface area (Å²) < 4.78 is 0. The van der Waals surface area contributed by atoms with Gasteiger partial charge >= 0.3 is 0 Å². The molecule has 1 fully saturated rings. The van der Waals surface area contributed by atoms with Gasteiger partial charge in [-0.2, -0.15) is 0 Å². The van der Waals surface area contributed by atoms with Gasteiger partial charge in [-0.25, -0.2) is 9.97 Å². The first-order valence-electron chi connectivity index (χ1n) is 8.78. The molecule has 2 N–H and O–H groups in total. The number of aromatic nitrogens is 3. The van der Waals surface area contributed by atoms with Crippen molar-refractivity contribution < 1.29 is 9.78 Å². The number of pyridine rings is 1. The maximum atomic E-state index is 12.5. The Bertz CT molecular complexity index is 903. The van der Waals surface area contributed by atoms with E-state index in [0.717, 1.165) is 48.2 Å². The second kappa shape index (κ2) is 7.37. The van der Waals surface area contributed by atoms with Gasteiger partial charge in [0.05, 0.1) is 36.1 Å². The zero-order valence-electron chi connectivity index (χ0n) is 14.7. The minimum Gasteiger partial charge on any atom is -0.334 e. The van der Waals surface area contributed by atoms with Crippen LogP contribution in [0.4, 0.5) is 5.82 Å². The first-order chi connectivity index (χ1) is 12.7. The molecule has 0 spiro atoms. The van der Waals surface area contributed by atoms with Gasteiger partial charge in [-0.1, -0.05) is 23.9 Å². The Kier molecular flexibility index (Phi) is 4.79. The van der Waals surface area contributed by atoms with Crippen LogP contribution >= 0.6 is 11.8 Å². The number of carbonyl (C=O) groups is 1. The molecule has 134 valence electrons. The zero-order chi connectivity index (χ0) is 17.9. The average molecular weight is 368 g/mol. The van der Waals surface area contributed by atoms with Crippen molar-refractivity contribution in [1.82, 2.24) is 14.9 Å². The van der Waals surface area contributed by atoms with Crippen molar-refractivity contribution in [3.63, 3.8) is 0 Å². The van der Waals surface area contributed by atoms with E-state index in [4.69, 9.17) is 0 Å². The lowest BCUT2D eigenvalue weighted by Gasteiger charge is -2.30. The van der Waals surface area contributed by atoms with Crippen LogP contribution < -0.4 is 9.88 Å². The number of amides is 1. The number of nitrogens with one attached hydrogen (secondary N) is 2. The van der Waals surface area contributed by atoms with Crippen molar-refractivity contribution in [3.05, 3.63) is 48.2 Å². The van der Waals surface area contributed by atoms with E-state index in [1.165, 1.54) is 17.3 Å². The Labute approximate surface area is 156 Å². The van der Waals surface area contributed by atoms with Gasteiger partial charge in [0.15, 0.2) is 5.16 Å². The average Bonchev–Trinajstić information content (AvgIpc) is 3.09. The van der Waals surface area contributed by atoms with Crippen molar-refractivity contribution in [2.45, 2.75) is 12.1 Å². The summed E-state index contributed by atoms with van der Waals surface area (Å²) in [5, 5.41) is 0.802. The molecule has 0 radical (unpaired) electrons. The summed E-state index contributed by atoms with van der Waals surface area (Å²) in [7, 11) is 0. The highest BCUT2D eigenvalue weighted by atomic mass is 32.2. The van der Waals surface area contributed by atoms with Crippen LogP contribution in [-0.4, -0.2) is 52.7 Å². The van der Waals surface area contributed by atoms with E-state index in [1.54, 1.807) is 0 Å². The number of benzene rings is 1. The molecule has 4 rings (SSSR count). The summed E-state index contributed by atoms with van der Waals surface area (Å²) >= 11 is 1.47. The number of nitrogens with zero attached hydrogens (tertiary/aromatic N) is 3. The topological polar surface area (TPSA) is 66.4 Å². The largest absolute Gasteiger partial charge is 0.334 e. The molecular formula is C19H22N5OS+. The first-order valence-corrected chi connectivity index (χ1v) is 9.76. The van der Waals surface area contributed by atoms with Gasteiger partial charge in [-0.05, 0) is 30.7 Å². The van der Waals surface area contributed by atoms with Crippen LogP contribution in [0, 0.1) is 6.92 Å². The number of rotatable bonds is 4. The van der Waals surface area contributed by atoms with Crippen molar-refractivity contribution >= 4 is 34.5 Å². The van der Waals surface area contributed by atoms with E-state index in [1.807, 2.05) is 35.4 Å². The zero-order valence-corrected chi connectivity index (χ0v) is 15.6. The Hall–Kier alpha value is -2.54. The number of carbonyl (C=O) groups excluding carboxylic acids is 1. The van der Waals surface area contributed by atoms with Crippen LogP contribution in [0.25, 0.3) is 11.0 Å². The number of thioether (sulfide) groups is 1. The Balaban J connectivity index is 1.31. The molecule has 1 aliphatic rings. The van der Waals surface area contributed by atoms with Crippen LogP contribution in [0.3, 0.4) is 0 Å². The van der Waals surface area contributed by atoms with Gasteiger partial charge in [0.25, 0.3) is 5.82 Å². The molecule has 0 saturated carbocycles. The third-order valence-electron chi connectivity index (χ3n) is 4.61. The smallest absolute Gasteiger partial charge is 0.274 e. The SMILES string of the molecule is Cc1ccc2nc(SCC(=O)N3CCN(c4cccc[nH+]4)CC3)[nH]c2c1. The minimum atomic E-state index is 0.170. The van der Waals surface area contributed by atoms with Crippen molar-refractivity contribution in [2.75, 3.05) is 36.8 Å². The predicted molar refractivity (Wildman–Crippen MR) is 103 cm³/mol. The van der Waals surface area contributed by atoms with Crippen LogP contribution in [0.2, 0.25) is 0 Å². The highest BCUT2D eigenvalue weighted by Crippen LogP contribution is 2.21. The molecule has 1 amide bonds. The van der Waals surface area contributed by atoms with Crippen LogP contribution in [0.1, 0.15) is 5.56 Å². The monoisotopic (exact) mass is 368 g/mol. The standard InChI is InChI=1S/C19H21N5OS/c1-14-5-6-15-16(12-14)22-19(21-15)26-13-18(25)24-10-8-23(9-11-24)17-4-2-3-7-20-17/h2-7,12H,8-11,13H2,1H3,(H,21,22)/p+1. The summed E-state index contributed by atoms with van der Waals surface area (Å²) in [5.74, 6) is 1.69. The lowest BCUT2D eigenvalue weighted by Crippen LogP contribution is -2.50. The van der Waals surface area contributed by atoms with Crippen molar-refractivity contribution in [2.24, 2.45) is 0 Å². The molecule has 6 nitrogen and oxygen atoms in total. The highest BCUT2D eigenvalue weighted by Gasteiger charge is 2.26. The van der Waals surface area contributed by atoms with E-state index in [-0.39, 0.29) is 5.91 Å². The van der Waals surface area contributed by atoms with Gasteiger partial charge in [0.1, 0.15) is 13.1 Å². The Morgan fingerprint density at radius 1 is 1.23 bits per heavy atom. The predicted octanol–water partition coefficient (Wildman–Crippen LogP) is 2.13. The van der Waals surface area contributed by atoms with Crippen molar-refractivity contribution in [3.8, 4) is 0 Å². The maximum Gasteiger partial charge on any atom is 0.274 e.